The summed E-state index contributed by atoms with van der Waals surface area (Å²) in [6, 6.07) is 0. The van der Waals surface area contributed by atoms with Gasteiger partial charge in [-0.05, 0) is 19.3 Å². The summed E-state index contributed by atoms with van der Waals surface area (Å²) in [6.45, 7) is 4.81. The Morgan fingerprint density at radius 1 is 1.08 bits per heavy atom. The standard InChI is InChI=1S/C9H20O2S2/c1-3-9(4-2,5-6-10)13-12-8-7-11/h10-11H,3-8H2,1-2H3. The average molecular weight is 224 g/mol. The summed E-state index contributed by atoms with van der Waals surface area (Å²) < 4.78 is 0.203. The Bertz CT molecular complexity index is 116. The van der Waals surface area contributed by atoms with Crippen molar-refractivity contribution in [2.75, 3.05) is 19.0 Å². The molecule has 0 saturated heterocycles. The maximum Gasteiger partial charge on any atom is 0.0530 e. The van der Waals surface area contributed by atoms with Crippen LogP contribution in [0, 0.1) is 0 Å². The van der Waals surface area contributed by atoms with Crippen molar-refractivity contribution in [2.45, 2.75) is 37.9 Å². The summed E-state index contributed by atoms with van der Waals surface area (Å²) in [6.07, 6.45) is 3.00. The maximum absolute atomic E-state index is 8.95. The molecule has 80 valence electrons. The highest BCUT2D eigenvalue weighted by Gasteiger charge is 2.26. The molecule has 0 atom stereocenters. The van der Waals surface area contributed by atoms with Crippen molar-refractivity contribution in [3.05, 3.63) is 0 Å². The SMILES string of the molecule is CCC(CC)(CCO)SSCCO. The zero-order valence-corrected chi connectivity index (χ0v) is 10.1. The Hall–Kier alpha value is 0.620. The molecule has 0 heterocycles. The highest BCUT2D eigenvalue weighted by Crippen LogP contribution is 2.43. The van der Waals surface area contributed by atoms with Gasteiger partial charge in [0.1, 0.15) is 0 Å². The first-order chi connectivity index (χ1) is 6.24. The third-order valence-electron chi connectivity index (χ3n) is 2.27. The zero-order valence-electron chi connectivity index (χ0n) is 8.45. The molecule has 0 fully saturated rings. The second kappa shape index (κ2) is 7.97. The van der Waals surface area contributed by atoms with Crippen molar-refractivity contribution in [2.24, 2.45) is 0 Å². The van der Waals surface area contributed by atoms with E-state index in [1.54, 1.807) is 10.8 Å². The summed E-state index contributed by atoms with van der Waals surface area (Å²) in [7, 11) is 3.52. The van der Waals surface area contributed by atoms with Crippen LogP contribution in [0.4, 0.5) is 0 Å². The van der Waals surface area contributed by atoms with Crippen molar-refractivity contribution in [3.8, 4) is 0 Å². The molecular weight excluding hydrogens is 204 g/mol. The van der Waals surface area contributed by atoms with Gasteiger partial charge in [-0.3, -0.25) is 0 Å². The van der Waals surface area contributed by atoms with Crippen LogP contribution in [0.3, 0.4) is 0 Å². The van der Waals surface area contributed by atoms with E-state index in [2.05, 4.69) is 13.8 Å². The zero-order chi connectivity index (χ0) is 10.2. The van der Waals surface area contributed by atoms with Gasteiger partial charge in [-0.1, -0.05) is 35.4 Å². The van der Waals surface area contributed by atoms with E-state index in [1.807, 2.05) is 10.8 Å². The van der Waals surface area contributed by atoms with Crippen LogP contribution in [-0.2, 0) is 0 Å². The van der Waals surface area contributed by atoms with Crippen LogP contribution in [-0.4, -0.2) is 33.9 Å². The monoisotopic (exact) mass is 224 g/mol. The molecule has 2 N–H and O–H groups in total. The normalized spacial score (nSPS) is 12.0. The van der Waals surface area contributed by atoms with Gasteiger partial charge in [0, 0.05) is 17.1 Å². The van der Waals surface area contributed by atoms with Crippen LogP contribution >= 0.6 is 21.6 Å². The van der Waals surface area contributed by atoms with Crippen molar-refractivity contribution >= 4 is 21.6 Å². The molecule has 0 aromatic rings. The molecule has 4 heteroatoms. The minimum absolute atomic E-state index is 0.203. The Kier molecular flexibility index (Phi) is 8.35. The molecule has 0 aliphatic heterocycles. The molecule has 0 aromatic carbocycles. The fourth-order valence-corrected chi connectivity index (χ4v) is 4.17. The summed E-state index contributed by atoms with van der Waals surface area (Å²) in [5.41, 5.74) is 0. The van der Waals surface area contributed by atoms with Crippen molar-refractivity contribution < 1.29 is 10.2 Å². The third kappa shape index (κ3) is 5.15. The molecule has 0 bridgehead atoms. The molecule has 0 radical (unpaired) electrons. The van der Waals surface area contributed by atoms with E-state index < -0.39 is 0 Å². The topological polar surface area (TPSA) is 40.5 Å². The molecule has 0 spiro atoms. The lowest BCUT2D eigenvalue weighted by atomic mass is 9.99. The van der Waals surface area contributed by atoms with Gasteiger partial charge < -0.3 is 10.2 Å². The summed E-state index contributed by atoms with van der Waals surface area (Å²) in [5, 5.41) is 17.6. The largest absolute Gasteiger partial charge is 0.396 e. The van der Waals surface area contributed by atoms with Gasteiger partial charge in [-0.15, -0.1) is 0 Å². The van der Waals surface area contributed by atoms with E-state index in [1.165, 1.54) is 0 Å². The quantitative estimate of drug-likeness (QED) is 0.490. The van der Waals surface area contributed by atoms with E-state index in [0.717, 1.165) is 25.0 Å². The molecular formula is C9H20O2S2. The van der Waals surface area contributed by atoms with Crippen LogP contribution in [0.1, 0.15) is 33.1 Å². The van der Waals surface area contributed by atoms with Crippen LogP contribution in [0.15, 0.2) is 0 Å². The van der Waals surface area contributed by atoms with Gasteiger partial charge in [0.05, 0.1) is 6.61 Å². The van der Waals surface area contributed by atoms with Gasteiger partial charge in [-0.2, -0.15) is 0 Å². The predicted octanol–water partition coefficient (Wildman–Crippen LogP) is 2.30. The molecule has 0 rings (SSSR count). The van der Waals surface area contributed by atoms with Gasteiger partial charge in [0.15, 0.2) is 0 Å². The van der Waals surface area contributed by atoms with Crippen molar-refractivity contribution in [1.82, 2.24) is 0 Å². The number of hydrogen-bond donors (Lipinski definition) is 2. The lowest BCUT2D eigenvalue weighted by Crippen LogP contribution is -2.23. The summed E-state index contributed by atoms with van der Waals surface area (Å²) in [5.74, 6) is 0.776. The lowest BCUT2D eigenvalue weighted by Gasteiger charge is -2.29. The second-order valence-electron chi connectivity index (χ2n) is 2.99. The molecule has 0 aromatic heterocycles. The Labute approximate surface area is 88.9 Å². The molecule has 0 unspecified atom stereocenters. The van der Waals surface area contributed by atoms with E-state index in [4.69, 9.17) is 10.2 Å². The minimum atomic E-state index is 0.203. The fraction of sp³-hybridized carbons (Fsp3) is 1.00. The molecule has 2 nitrogen and oxygen atoms in total. The van der Waals surface area contributed by atoms with Crippen LogP contribution in [0.5, 0.6) is 0 Å². The van der Waals surface area contributed by atoms with Crippen LogP contribution in [0.25, 0.3) is 0 Å². The Morgan fingerprint density at radius 3 is 2.08 bits per heavy atom. The highest BCUT2D eigenvalue weighted by atomic mass is 33.1. The van der Waals surface area contributed by atoms with Crippen molar-refractivity contribution in [1.29, 1.82) is 0 Å². The average Bonchev–Trinajstić information content (AvgIpc) is 2.17. The van der Waals surface area contributed by atoms with E-state index in [9.17, 15) is 0 Å². The molecule has 0 aliphatic rings. The summed E-state index contributed by atoms with van der Waals surface area (Å²) in [4.78, 5) is 0. The molecule has 0 amide bonds. The predicted molar refractivity (Wildman–Crippen MR) is 62.2 cm³/mol. The maximum atomic E-state index is 8.95. The first-order valence-corrected chi connectivity index (χ1v) is 7.09. The highest BCUT2D eigenvalue weighted by molar-refractivity contribution is 8.77. The van der Waals surface area contributed by atoms with Gasteiger partial charge in [0.2, 0.25) is 0 Å². The fourth-order valence-electron chi connectivity index (χ4n) is 1.17. The van der Waals surface area contributed by atoms with Gasteiger partial charge >= 0.3 is 0 Å². The van der Waals surface area contributed by atoms with Gasteiger partial charge in [0.25, 0.3) is 0 Å². The number of hydrogen-bond acceptors (Lipinski definition) is 4. The van der Waals surface area contributed by atoms with E-state index >= 15 is 0 Å². The van der Waals surface area contributed by atoms with Crippen LogP contribution < -0.4 is 0 Å². The minimum Gasteiger partial charge on any atom is -0.396 e. The molecule has 13 heavy (non-hydrogen) atoms. The molecule has 0 aliphatic carbocycles. The first kappa shape index (κ1) is 13.6. The Balaban J connectivity index is 3.89. The van der Waals surface area contributed by atoms with E-state index in [0.29, 0.717) is 0 Å². The smallest absolute Gasteiger partial charge is 0.0530 e. The second-order valence-corrected chi connectivity index (χ2v) is 5.88. The van der Waals surface area contributed by atoms with Gasteiger partial charge in [-0.25, -0.2) is 0 Å². The van der Waals surface area contributed by atoms with Crippen molar-refractivity contribution in [3.63, 3.8) is 0 Å². The third-order valence-corrected chi connectivity index (χ3v) is 5.78. The first-order valence-electron chi connectivity index (χ1n) is 4.77. The lowest BCUT2D eigenvalue weighted by molar-refractivity contribution is 0.264. The number of aliphatic hydroxyl groups excluding tert-OH is 2. The number of aliphatic hydroxyl groups is 2. The summed E-state index contributed by atoms with van der Waals surface area (Å²) >= 11 is 0. The molecule has 0 saturated carbocycles. The number of rotatable bonds is 8. The van der Waals surface area contributed by atoms with Crippen LogP contribution in [0.2, 0.25) is 0 Å². The van der Waals surface area contributed by atoms with E-state index in [-0.39, 0.29) is 18.0 Å². The Morgan fingerprint density at radius 2 is 1.69 bits per heavy atom.